The molecule has 1 amide bonds. The van der Waals surface area contributed by atoms with Gasteiger partial charge in [-0.3, -0.25) is 9.48 Å². The molecule has 0 spiro atoms. The van der Waals surface area contributed by atoms with Crippen molar-refractivity contribution < 1.29 is 17.9 Å². The van der Waals surface area contributed by atoms with Crippen LogP contribution in [0.25, 0.3) is 6.08 Å². The lowest BCUT2D eigenvalue weighted by molar-refractivity contribution is -0.111. The number of aromatic nitrogens is 2. The van der Waals surface area contributed by atoms with Crippen LogP contribution in [0.15, 0.2) is 35.2 Å². The van der Waals surface area contributed by atoms with Crippen LogP contribution >= 0.6 is 11.6 Å². The van der Waals surface area contributed by atoms with E-state index in [1.165, 1.54) is 22.5 Å². The predicted molar refractivity (Wildman–Crippen MR) is 120 cm³/mol. The van der Waals surface area contributed by atoms with Crippen molar-refractivity contribution in [3.63, 3.8) is 0 Å². The number of halogens is 1. The third-order valence-corrected chi connectivity index (χ3v) is 7.05. The fourth-order valence-electron chi connectivity index (χ4n) is 3.24. The normalized spacial score (nSPS) is 15.6. The summed E-state index contributed by atoms with van der Waals surface area (Å²) in [5.74, 6) is -0.00839. The van der Waals surface area contributed by atoms with Gasteiger partial charge in [0.15, 0.2) is 0 Å². The third kappa shape index (κ3) is 5.74. The van der Waals surface area contributed by atoms with E-state index in [1.807, 2.05) is 6.92 Å². The maximum absolute atomic E-state index is 12.8. The fraction of sp³-hybridized carbons (Fsp3) is 0.429. The van der Waals surface area contributed by atoms with E-state index in [2.05, 4.69) is 24.3 Å². The lowest BCUT2D eigenvalue weighted by Crippen LogP contribution is -2.40. The van der Waals surface area contributed by atoms with Crippen LogP contribution in [0.1, 0.15) is 25.1 Å². The molecule has 1 aromatic heterocycles. The topological polar surface area (TPSA) is 93.5 Å². The molecule has 0 atom stereocenters. The zero-order valence-corrected chi connectivity index (χ0v) is 19.4. The highest BCUT2D eigenvalue weighted by Gasteiger charge is 2.26. The molecule has 3 rings (SSSR count). The first kappa shape index (κ1) is 23.5. The first-order chi connectivity index (χ1) is 14.7. The third-order valence-electron chi connectivity index (χ3n) is 4.76. The Bertz CT molecular complexity index is 1070. The standard InChI is InChI=1S/C21H27ClN4O4S/c1-15(2)14-26-21(22)19(16(3)24-26)7-8-20(27)23-17-5-4-6-18(13-17)31(28,29)25-9-11-30-12-10-25/h4-8,13,15H,9-12,14H2,1-3H3,(H,23,27)/b8-7+. The molecule has 0 unspecified atom stereocenters. The first-order valence-electron chi connectivity index (χ1n) is 10.1. The summed E-state index contributed by atoms with van der Waals surface area (Å²) in [6.45, 7) is 8.03. The Balaban J connectivity index is 1.72. The van der Waals surface area contributed by atoms with E-state index in [0.29, 0.717) is 55.2 Å². The molecule has 1 aliphatic rings. The van der Waals surface area contributed by atoms with Gasteiger partial charge in [0.25, 0.3) is 0 Å². The Labute approximate surface area is 187 Å². The van der Waals surface area contributed by atoms with Gasteiger partial charge in [0.1, 0.15) is 5.15 Å². The molecule has 31 heavy (non-hydrogen) atoms. The molecule has 0 saturated carbocycles. The van der Waals surface area contributed by atoms with Crippen LogP contribution in [0.4, 0.5) is 5.69 Å². The highest BCUT2D eigenvalue weighted by molar-refractivity contribution is 7.89. The number of carbonyl (C=O) groups is 1. The van der Waals surface area contributed by atoms with Gasteiger partial charge in [-0.2, -0.15) is 9.40 Å². The predicted octanol–water partition coefficient (Wildman–Crippen LogP) is 3.17. The summed E-state index contributed by atoms with van der Waals surface area (Å²) in [6.07, 6.45) is 2.98. The average Bonchev–Trinajstić information content (AvgIpc) is 2.99. The van der Waals surface area contributed by atoms with Crippen LogP contribution in [0.3, 0.4) is 0 Å². The summed E-state index contributed by atoms with van der Waals surface area (Å²) in [7, 11) is -3.64. The van der Waals surface area contributed by atoms with Crippen molar-refractivity contribution in [2.75, 3.05) is 31.6 Å². The Hall–Kier alpha value is -2.20. The monoisotopic (exact) mass is 466 g/mol. The van der Waals surface area contributed by atoms with Crippen molar-refractivity contribution in [3.8, 4) is 0 Å². The van der Waals surface area contributed by atoms with Crippen molar-refractivity contribution in [1.29, 1.82) is 0 Å². The van der Waals surface area contributed by atoms with E-state index >= 15 is 0 Å². The van der Waals surface area contributed by atoms with Gasteiger partial charge in [0.2, 0.25) is 15.9 Å². The van der Waals surface area contributed by atoms with Gasteiger partial charge < -0.3 is 10.1 Å². The number of rotatable bonds is 7. The van der Waals surface area contributed by atoms with Gasteiger partial charge in [-0.15, -0.1) is 0 Å². The summed E-state index contributed by atoms with van der Waals surface area (Å²) in [6, 6.07) is 6.21. The van der Waals surface area contributed by atoms with Gasteiger partial charge in [-0.25, -0.2) is 8.42 Å². The molecular formula is C21H27ClN4O4S. The van der Waals surface area contributed by atoms with Crippen molar-refractivity contribution in [1.82, 2.24) is 14.1 Å². The number of ether oxygens (including phenoxy) is 1. The van der Waals surface area contributed by atoms with E-state index in [9.17, 15) is 13.2 Å². The number of sulfonamides is 1. The van der Waals surface area contributed by atoms with Crippen LogP contribution in [0.2, 0.25) is 5.15 Å². The number of aryl methyl sites for hydroxylation is 1. The van der Waals surface area contributed by atoms with Crippen molar-refractivity contribution in [3.05, 3.63) is 46.8 Å². The molecule has 1 N–H and O–H groups in total. The summed E-state index contributed by atoms with van der Waals surface area (Å²) in [5, 5.41) is 7.60. The number of anilines is 1. The SMILES string of the molecule is Cc1nn(CC(C)C)c(Cl)c1/C=C/C(=O)Nc1cccc(S(=O)(=O)N2CCOCC2)c1. The molecule has 0 bridgehead atoms. The molecule has 0 aliphatic carbocycles. The smallest absolute Gasteiger partial charge is 0.248 e. The summed E-state index contributed by atoms with van der Waals surface area (Å²) < 4.78 is 33.9. The van der Waals surface area contributed by atoms with Gasteiger partial charge in [-0.05, 0) is 37.1 Å². The lowest BCUT2D eigenvalue weighted by atomic mass is 10.2. The Morgan fingerprint density at radius 3 is 2.71 bits per heavy atom. The van der Waals surface area contributed by atoms with E-state index < -0.39 is 15.9 Å². The van der Waals surface area contributed by atoms with E-state index in [4.69, 9.17) is 16.3 Å². The molecule has 1 aromatic carbocycles. The molecular weight excluding hydrogens is 440 g/mol. The second-order valence-corrected chi connectivity index (χ2v) is 10.0. The number of hydrogen-bond acceptors (Lipinski definition) is 5. The van der Waals surface area contributed by atoms with Gasteiger partial charge in [0.05, 0.1) is 23.8 Å². The number of hydrogen-bond donors (Lipinski definition) is 1. The Morgan fingerprint density at radius 1 is 1.32 bits per heavy atom. The maximum atomic E-state index is 12.8. The Morgan fingerprint density at radius 2 is 2.03 bits per heavy atom. The molecule has 2 heterocycles. The summed E-state index contributed by atoms with van der Waals surface area (Å²) >= 11 is 6.40. The number of nitrogens with zero attached hydrogens (tertiary/aromatic N) is 3. The fourth-order valence-corrected chi connectivity index (χ4v) is 5.00. The van der Waals surface area contributed by atoms with Gasteiger partial charge in [0, 0.05) is 37.0 Å². The van der Waals surface area contributed by atoms with E-state index in [-0.39, 0.29) is 4.90 Å². The molecule has 10 heteroatoms. The van der Waals surface area contributed by atoms with Crippen LogP contribution in [-0.2, 0) is 26.1 Å². The highest BCUT2D eigenvalue weighted by atomic mass is 35.5. The zero-order valence-electron chi connectivity index (χ0n) is 17.8. The quantitative estimate of drug-likeness (QED) is 0.632. The second-order valence-electron chi connectivity index (χ2n) is 7.73. The number of nitrogens with one attached hydrogen (secondary N) is 1. The van der Waals surface area contributed by atoms with Gasteiger partial charge in [-0.1, -0.05) is 31.5 Å². The largest absolute Gasteiger partial charge is 0.379 e. The molecule has 1 fully saturated rings. The zero-order chi connectivity index (χ0) is 22.6. The van der Waals surface area contributed by atoms with Crippen LogP contribution < -0.4 is 5.32 Å². The van der Waals surface area contributed by atoms with Gasteiger partial charge >= 0.3 is 0 Å². The minimum Gasteiger partial charge on any atom is -0.379 e. The number of morpholine rings is 1. The van der Waals surface area contributed by atoms with Crippen molar-refractivity contribution in [2.45, 2.75) is 32.2 Å². The Kier molecular flexibility index (Phi) is 7.53. The van der Waals surface area contributed by atoms with Crippen LogP contribution in [0.5, 0.6) is 0 Å². The minimum atomic E-state index is -3.64. The van der Waals surface area contributed by atoms with E-state index in [0.717, 1.165) is 5.69 Å². The lowest BCUT2D eigenvalue weighted by Gasteiger charge is -2.26. The van der Waals surface area contributed by atoms with E-state index in [1.54, 1.807) is 22.9 Å². The second kappa shape index (κ2) is 9.95. The van der Waals surface area contributed by atoms with Crippen molar-refractivity contribution >= 4 is 39.3 Å². The molecule has 2 aromatic rings. The number of amides is 1. The highest BCUT2D eigenvalue weighted by Crippen LogP contribution is 2.23. The molecule has 1 aliphatic heterocycles. The molecule has 8 nitrogen and oxygen atoms in total. The van der Waals surface area contributed by atoms with Crippen LogP contribution in [0, 0.1) is 12.8 Å². The number of benzene rings is 1. The number of carbonyl (C=O) groups excluding carboxylic acids is 1. The summed E-state index contributed by atoms with van der Waals surface area (Å²) in [4.78, 5) is 12.5. The maximum Gasteiger partial charge on any atom is 0.248 e. The molecule has 1 saturated heterocycles. The minimum absolute atomic E-state index is 0.130. The van der Waals surface area contributed by atoms with Crippen LogP contribution in [-0.4, -0.2) is 54.7 Å². The first-order valence-corrected chi connectivity index (χ1v) is 11.9. The molecule has 0 radical (unpaired) electrons. The summed E-state index contributed by atoms with van der Waals surface area (Å²) in [5.41, 5.74) is 1.80. The average molecular weight is 467 g/mol. The van der Waals surface area contributed by atoms with Crippen molar-refractivity contribution in [2.24, 2.45) is 5.92 Å². The molecule has 168 valence electrons.